The van der Waals surface area contributed by atoms with Gasteiger partial charge in [-0.1, -0.05) is 71.6 Å². The highest BCUT2D eigenvalue weighted by molar-refractivity contribution is 5.98. The number of carboxylic acid groups (broad SMARTS) is 1. The zero-order valence-corrected chi connectivity index (χ0v) is 56.3. The molecule has 0 aromatic heterocycles. The first kappa shape index (κ1) is 83.5. The first-order chi connectivity index (χ1) is 45.4. The van der Waals surface area contributed by atoms with Crippen LogP contribution in [-0.2, 0) is 69.6 Å². The quantitative estimate of drug-likeness (QED) is 0.0397. The molecule has 0 spiro atoms. The van der Waals surface area contributed by atoms with Crippen molar-refractivity contribution in [3.63, 3.8) is 0 Å². The Kier molecular flexibility index (Phi) is 31.3. The van der Waals surface area contributed by atoms with Gasteiger partial charge < -0.3 is 15.7 Å². The third-order valence-corrected chi connectivity index (χ3v) is 15.2. The molecule has 0 aliphatic heterocycles. The van der Waals surface area contributed by atoms with Crippen LogP contribution in [0.25, 0.3) is 18.2 Å². The topological polar surface area (TPSA) is 125 Å². The number of aliphatic carboxylic acids is 1. The maximum atomic E-state index is 13.8. The molecule has 0 bridgehead atoms. The molecular weight excluding hydrogens is 1320 g/mol. The fraction of sp³-hybridized carbons (Fsp3) is 0.370. The van der Waals surface area contributed by atoms with Crippen LogP contribution in [-0.4, -0.2) is 48.0 Å². The van der Waals surface area contributed by atoms with Gasteiger partial charge >= 0.3 is 30.7 Å². The second-order valence-corrected chi connectivity index (χ2v) is 23.0. The Labute approximate surface area is 559 Å². The molecule has 534 valence electrons. The Balaban J connectivity index is 0.000000348. The highest BCUT2D eigenvalue weighted by atomic mass is 19.4. The Morgan fingerprint density at radius 3 is 0.990 bits per heavy atom. The van der Waals surface area contributed by atoms with Crippen molar-refractivity contribution in [1.82, 2.24) is 15.7 Å². The zero-order chi connectivity index (χ0) is 74.5. The van der Waals surface area contributed by atoms with Crippen LogP contribution < -0.4 is 10.6 Å². The van der Waals surface area contributed by atoms with Gasteiger partial charge in [-0.3, -0.25) is 19.2 Å². The van der Waals surface area contributed by atoms with Gasteiger partial charge in [0.2, 0.25) is 11.8 Å². The van der Waals surface area contributed by atoms with E-state index in [2.05, 4.69) is 10.6 Å². The molecule has 3 N–H and O–H groups in total. The molecular formula is C73H79F16N3O6. The lowest BCUT2D eigenvalue weighted by Gasteiger charge is -2.17. The number of halogens is 16. The van der Waals surface area contributed by atoms with Crippen molar-refractivity contribution in [2.45, 2.75) is 164 Å². The standard InChI is InChI=1S/2C23H24F5NO.C14H15F3O2.C13H16F3NO2/c2*1-5-6-16-10-19(23(26,27)28)8-7-17(16)9-13(2)22(30)29-15(4)18-11-20(24)14(3)21(25)12-18;1-3-4-10-8-12(14(15,16)17)6-5-11(10)7-9(2)13(18)19;1-4-5-9-8-10(13(14,15)16)6-7-11(9)12(18)17(2)19-3/h2*7-12,15H,5-6H2,1-4H3,(H,29,30);5-8H,3-4H2,1-2H3,(H,18,19);6-8H,4-5H2,1-3H3/b2*13-9+;9-7+;/t2*15-;;/m11../s1. The summed E-state index contributed by atoms with van der Waals surface area (Å²) < 4.78 is 209. The fourth-order valence-corrected chi connectivity index (χ4v) is 9.44. The van der Waals surface area contributed by atoms with E-state index in [4.69, 9.17) is 9.94 Å². The van der Waals surface area contributed by atoms with E-state index >= 15 is 0 Å². The average molecular weight is 1400 g/mol. The van der Waals surface area contributed by atoms with Gasteiger partial charge in [-0.15, -0.1) is 0 Å². The highest BCUT2D eigenvalue weighted by Crippen LogP contribution is 2.36. The van der Waals surface area contributed by atoms with Crippen LogP contribution in [0.15, 0.2) is 114 Å². The van der Waals surface area contributed by atoms with Gasteiger partial charge in [-0.05, 0) is 221 Å². The molecule has 0 aliphatic rings. The smallest absolute Gasteiger partial charge is 0.416 e. The van der Waals surface area contributed by atoms with Crippen LogP contribution >= 0.6 is 0 Å². The molecule has 9 nitrogen and oxygen atoms in total. The van der Waals surface area contributed by atoms with Crippen molar-refractivity contribution in [2.75, 3.05) is 14.2 Å². The summed E-state index contributed by atoms with van der Waals surface area (Å²) in [6.07, 6.45) is -8.85. The van der Waals surface area contributed by atoms with Gasteiger partial charge in [0, 0.05) is 40.5 Å². The van der Waals surface area contributed by atoms with Gasteiger partial charge in [-0.25, -0.2) is 27.4 Å². The summed E-state index contributed by atoms with van der Waals surface area (Å²) in [7, 11) is 2.73. The van der Waals surface area contributed by atoms with Crippen LogP contribution in [0.5, 0.6) is 0 Å². The van der Waals surface area contributed by atoms with Gasteiger partial charge in [0.15, 0.2) is 0 Å². The summed E-state index contributed by atoms with van der Waals surface area (Å²) in [5.74, 6) is -5.31. The molecule has 6 aromatic rings. The van der Waals surface area contributed by atoms with Crippen molar-refractivity contribution in [3.8, 4) is 0 Å². The van der Waals surface area contributed by atoms with Gasteiger partial charge in [-0.2, -0.15) is 52.7 Å². The van der Waals surface area contributed by atoms with Crippen LogP contribution in [0, 0.1) is 37.1 Å². The number of hydrogen-bond donors (Lipinski definition) is 3. The first-order valence-corrected chi connectivity index (χ1v) is 30.9. The number of carboxylic acids is 1. The average Bonchev–Trinajstić information content (AvgIpc) is 0.847. The van der Waals surface area contributed by atoms with Gasteiger partial charge in [0.1, 0.15) is 23.3 Å². The predicted octanol–water partition coefficient (Wildman–Crippen LogP) is 20.5. The predicted molar refractivity (Wildman–Crippen MR) is 345 cm³/mol. The molecule has 0 fully saturated rings. The second-order valence-electron chi connectivity index (χ2n) is 23.0. The molecule has 6 aromatic carbocycles. The Morgan fingerprint density at radius 1 is 0.459 bits per heavy atom. The molecule has 6 rings (SSSR count). The van der Waals surface area contributed by atoms with E-state index in [-0.39, 0.29) is 44.5 Å². The summed E-state index contributed by atoms with van der Waals surface area (Å²) in [5, 5.41) is 15.1. The largest absolute Gasteiger partial charge is 0.478 e. The van der Waals surface area contributed by atoms with Crippen molar-refractivity contribution in [2.24, 2.45) is 0 Å². The van der Waals surface area contributed by atoms with E-state index in [1.165, 1.54) is 91.3 Å². The number of nitrogens with zero attached hydrogens (tertiary/aromatic N) is 1. The van der Waals surface area contributed by atoms with Crippen LogP contribution in [0.4, 0.5) is 70.2 Å². The number of amides is 3. The Morgan fingerprint density at radius 2 is 0.724 bits per heavy atom. The van der Waals surface area contributed by atoms with Crippen molar-refractivity contribution >= 4 is 41.9 Å². The van der Waals surface area contributed by atoms with Crippen LogP contribution in [0.3, 0.4) is 0 Å². The van der Waals surface area contributed by atoms with Crippen LogP contribution in [0.2, 0.25) is 0 Å². The minimum Gasteiger partial charge on any atom is -0.478 e. The Bertz CT molecular complexity index is 3640. The summed E-state index contributed by atoms with van der Waals surface area (Å²) in [4.78, 5) is 52.5. The summed E-state index contributed by atoms with van der Waals surface area (Å²) in [6.45, 7) is 17.7. The number of aryl methyl sites for hydroxylation is 4. The molecule has 0 saturated heterocycles. The molecule has 0 aliphatic carbocycles. The molecule has 3 amide bonds. The third-order valence-electron chi connectivity index (χ3n) is 15.2. The molecule has 0 unspecified atom stereocenters. The minimum atomic E-state index is -4.44. The lowest BCUT2D eigenvalue weighted by atomic mass is 9.98. The van der Waals surface area contributed by atoms with Crippen molar-refractivity contribution in [3.05, 3.63) is 226 Å². The number of alkyl halides is 12. The number of rotatable bonds is 20. The molecule has 0 heterocycles. The highest BCUT2D eigenvalue weighted by Gasteiger charge is 2.34. The number of benzene rings is 6. The van der Waals surface area contributed by atoms with E-state index < -0.39 is 106 Å². The van der Waals surface area contributed by atoms with Crippen LogP contribution in [0.1, 0.15) is 194 Å². The Hall–Kier alpha value is -8.74. The number of nitrogens with one attached hydrogen (secondary N) is 2. The first-order valence-electron chi connectivity index (χ1n) is 30.9. The lowest BCUT2D eigenvalue weighted by molar-refractivity contribution is -0.138. The van der Waals surface area contributed by atoms with E-state index in [0.717, 1.165) is 77.9 Å². The lowest BCUT2D eigenvalue weighted by Crippen LogP contribution is -2.27. The van der Waals surface area contributed by atoms with Crippen molar-refractivity contribution in [1.29, 1.82) is 0 Å². The number of carbonyl (C=O) groups excluding carboxylic acids is 3. The molecule has 0 radical (unpaired) electrons. The summed E-state index contributed by atoms with van der Waals surface area (Å²) in [6, 6.07) is 16.7. The number of carbonyl (C=O) groups is 4. The van der Waals surface area contributed by atoms with Gasteiger partial charge in [0.25, 0.3) is 5.91 Å². The summed E-state index contributed by atoms with van der Waals surface area (Å²) in [5.41, 5.74) is 1.77. The zero-order valence-electron chi connectivity index (χ0n) is 56.3. The SMILES string of the molecule is CCCc1cc(C(F)(F)F)ccc1/C=C(\C)C(=O)N[C@H](C)c1cc(F)c(C)c(F)c1.CCCc1cc(C(F)(F)F)ccc1/C=C(\C)C(=O)N[C@H](C)c1cc(F)c(C)c(F)c1.CCCc1cc(C(F)(F)F)ccc1/C=C(\C)C(=O)O.CCCc1cc(C(F)(F)F)ccc1C(=O)N(C)OC. The summed E-state index contributed by atoms with van der Waals surface area (Å²) >= 11 is 0. The maximum absolute atomic E-state index is 13.8. The molecule has 25 heteroatoms. The minimum absolute atomic E-state index is 0.0945. The monoisotopic (exact) mass is 1400 g/mol. The van der Waals surface area contributed by atoms with E-state index in [1.807, 2.05) is 27.7 Å². The molecule has 2 atom stereocenters. The normalized spacial score (nSPS) is 12.8. The van der Waals surface area contributed by atoms with E-state index in [0.29, 0.717) is 90.3 Å². The number of hydroxylamine groups is 2. The number of hydrogen-bond acceptors (Lipinski definition) is 5. The van der Waals surface area contributed by atoms with E-state index in [9.17, 15) is 89.4 Å². The fourth-order valence-electron chi connectivity index (χ4n) is 9.44. The maximum Gasteiger partial charge on any atom is 0.416 e. The van der Waals surface area contributed by atoms with Crippen molar-refractivity contribution < 1.29 is 99.4 Å². The third kappa shape index (κ3) is 25.0. The molecule has 0 saturated carbocycles. The molecule has 98 heavy (non-hydrogen) atoms. The van der Waals surface area contributed by atoms with E-state index in [1.54, 1.807) is 13.8 Å². The second kappa shape index (κ2) is 36.7. The van der Waals surface area contributed by atoms with Gasteiger partial charge in [0.05, 0.1) is 41.4 Å².